The minimum atomic E-state index is -0.979. The maximum Gasteiger partial charge on any atom is 0.327 e. The van der Waals surface area contributed by atoms with Gasteiger partial charge >= 0.3 is 5.97 Å². The van der Waals surface area contributed by atoms with Crippen LogP contribution in [0.25, 0.3) is 0 Å². The third-order valence-electron chi connectivity index (χ3n) is 1.43. The largest absolute Gasteiger partial charge is 0.480 e. The molecule has 0 heterocycles. The van der Waals surface area contributed by atoms with Crippen LogP contribution in [0.2, 0.25) is 0 Å². The highest BCUT2D eigenvalue weighted by atomic mass is 32.2. The third-order valence-corrected chi connectivity index (χ3v) is 3.65. The zero-order valence-electron chi connectivity index (χ0n) is 8.06. The Morgan fingerprint density at radius 1 is 1.50 bits per heavy atom. The van der Waals surface area contributed by atoms with Gasteiger partial charge in [-0.2, -0.15) is 23.5 Å². The van der Waals surface area contributed by atoms with Crippen LogP contribution in [0, 0.1) is 0 Å². The molecule has 0 aliphatic carbocycles. The number of thioether (sulfide) groups is 2. The number of carboxylic acids is 1. The Morgan fingerprint density at radius 2 is 2.14 bits per heavy atom. The standard InChI is InChI=1S/C8H15NO3S2/c1-2-13-3-4-14-5-7(8(11)12)9-6-10/h6-7H,2-5H2,1H3,(H,9,10)(H,11,12). The molecule has 0 aromatic carbocycles. The average molecular weight is 237 g/mol. The predicted octanol–water partition coefficient (Wildman–Crippen LogP) is 0.672. The van der Waals surface area contributed by atoms with Crippen LogP contribution in [0.3, 0.4) is 0 Å². The molecule has 4 nitrogen and oxygen atoms in total. The summed E-state index contributed by atoms with van der Waals surface area (Å²) < 4.78 is 0. The van der Waals surface area contributed by atoms with E-state index in [-0.39, 0.29) is 0 Å². The van der Waals surface area contributed by atoms with Crippen molar-refractivity contribution in [3.05, 3.63) is 0 Å². The molecule has 1 unspecified atom stereocenters. The van der Waals surface area contributed by atoms with Gasteiger partial charge in [0.1, 0.15) is 6.04 Å². The highest BCUT2D eigenvalue weighted by Gasteiger charge is 2.15. The van der Waals surface area contributed by atoms with Crippen molar-refractivity contribution in [1.82, 2.24) is 5.32 Å². The SMILES string of the molecule is CCSCCSCC(NC=O)C(=O)O. The number of hydrogen-bond acceptors (Lipinski definition) is 4. The first kappa shape index (κ1) is 13.6. The maximum atomic E-state index is 10.6. The number of carboxylic acid groups (broad SMARTS) is 1. The molecule has 0 radical (unpaired) electrons. The van der Waals surface area contributed by atoms with E-state index < -0.39 is 12.0 Å². The summed E-state index contributed by atoms with van der Waals surface area (Å²) in [5.74, 6) is 2.47. The number of aliphatic carboxylic acids is 1. The van der Waals surface area contributed by atoms with Crippen molar-refractivity contribution in [3.8, 4) is 0 Å². The summed E-state index contributed by atoms with van der Waals surface area (Å²) in [7, 11) is 0. The van der Waals surface area contributed by atoms with Crippen molar-refractivity contribution in [3.63, 3.8) is 0 Å². The fourth-order valence-electron chi connectivity index (χ4n) is 0.736. The molecule has 2 N–H and O–H groups in total. The van der Waals surface area contributed by atoms with Crippen LogP contribution < -0.4 is 5.32 Å². The summed E-state index contributed by atoms with van der Waals surface area (Å²) in [6.07, 6.45) is 0.431. The fourth-order valence-corrected chi connectivity index (χ4v) is 2.61. The summed E-state index contributed by atoms with van der Waals surface area (Å²) in [4.78, 5) is 20.6. The first-order valence-corrected chi connectivity index (χ1v) is 6.61. The maximum absolute atomic E-state index is 10.6. The summed E-state index contributed by atoms with van der Waals surface area (Å²) in [6.45, 7) is 2.09. The first-order valence-electron chi connectivity index (χ1n) is 4.30. The van der Waals surface area contributed by atoms with E-state index >= 15 is 0 Å². The van der Waals surface area contributed by atoms with Crippen molar-refractivity contribution in [2.75, 3.05) is 23.0 Å². The summed E-state index contributed by atoms with van der Waals surface area (Å²) in [5, 5.41) is 10.9. The Hall–Kier alpha value is -0.360. The van der Waals surface area contributed by atoms with E-state index in [4.69, 9.17) is 5.11 Å². The molecule has 0 spiro atoms. The number of rotatable bonds is 9. The number of nitrogens with one attached hydrogen (secondary N) is 1. The monoisotopic (exact) mass is 237 g/mol. The van der Waals surface area contributed by atoms with Gasteiger partial charge in [-0.05, 0) is 5.75 Å². The van der Waals surface area contributed by atoms with Crippen LogP contribution in [0.4, 0.5) is 0 Å². The molecule has 1 amide bonds. The van der Waals surface area contributed by atoms with E-state index in [0.29, 0.717) is 12.2 Å². The number of amides is 1. The van der Waals surface area contributed by atoms with Gasteiger partial charge in [0.05, 0.1) is 0 Å². The molecular weight excluding hydrogens is 222 g/mol. The van der Waals surface area contributed by atoms with Crippen molar-refractivity contribution in [2.45, 2.75) is 13.0 Å². The molecule has 0 aromatic rings. The Balaban J connectivity index is 3.50. The molecule has 0 saturated heterocycles. The Labute approximate surface area is 92.2 Å². The summed E-state index contributed by atoms with van der Waals surface area (Å²) in [5.41, 5.74) is 0. The Kier molecular flexibility index (Phi) is 8.97. The summed E-state index contributed by atoms with van der Waals surface area (Å²) >= 11 is 3.37. The van der Waals surface area contributed by atoms with Gasteiger partial charge in [0.15, 0.2) is 0 Å². The second kappa shape index (κ2) is 9.21. The van der Waals surface area contributed by atoms with E-state index in [1.807, 2.05) is 11.8 Å². The number of carbonyl (C=O) groups excluding carboxylic acids is 1. The van der Waals surface area contributed by atoms with Gasteiger partial charge in [-0.15, -0.1) is 0 Å². The molecule has 1 atom stereocenters. The molecule has 0 aliphatic rings. The van der Waals surface area contributed by atoms with Crippen LogP contribution in [-0.2, 0) is 9.59 Å². The molecule has 0 fully saturated rings. The molecular formula is C8H15NO3S2. The van der Waals surface area contributed by atoms with Gasteiger partial charge in [0.2, 0.25) is 6.41 Å². The fraction of sp³-hybridized carbons (Fsp3) is 0.750. The molecule has 14 heavy (non-hydrogen) atoms. The van der Waals surface area contributed by atoms with Gasteiger partial charge in [0, 0.05) is 17.3 Å². The zero-order chi connectivity index (χ0) is 10.8. The quantitative estimate of drug-likeness (QED) is 0.456. The zero-order valence-corrected chi connectivity index (χ0v) is 9.70. The molecule has 0 saturated carbocycles. The topological polar surface area (TPSA) is 66.4 Å². The first-order chi connectivity index (χ1) is 6.72. The van der Waals surface area contributed by atoms with E-state index in [0.717, 1.165) is 17.3 Å². The summed E-state index contributed by atoms with van der Waals surface area (Å²) in [6, 6.07) is -0.760. The van der Waals surface area contributed by atoms with Crippen LogP contribution in [0.1, 0.15) is 6.92 Å². The average Bonchev–Trinajstić information content (AvgIpc) is 2.15. The molecule has 82 valence electrons. The minimum Gasteiger partial charge on any atom is -0.480 e. The van der Waals surface area contributed by atoms with Gasteiger partial charge < -0.3 is 10.4 Å². The smallest absolute Gasteiger partial charge is 0.327 e. The van der Waals surface area contributed by atoms with Crippen molar-refractivity contribution in [1.29, 1.82) is 0 Å². The normalized spacial score (nSPS) is 12.1. The minimum absolute atomic E-state index is 0.429. The second-order valence-electron chi connectivity index (χ2n) is 2.45. The third kappa shape index (κ3) is 7.08. The highest BCUT2D eigenvalue weighted by Crippen LogP contribution is 2.07. The predicted molar refractivity (Wildman–Crippen MR) is 60.9 cm³/mol. The lowest BCUT2D eigenvalue weighted by Gasteiger charge is -2.09. The van der Waals surface area contributed by atoms with E-state index in [2.05, 4.69) is 12.2 Å². The lowest BCUT2D eigenvalue weighted by molar-refractivity contribution is -0.139. The molecule has 6 heteroatoms. The molecule has 0 aliphatic heterocycles. The lowest BCUT2D eigenvalue weighted by Crippen LogP contribution is -2.37. The van der Waals surface area contributed by atoms with Gasteiger partial charge in [-0.1, -0.05) is 6.92 Å². The van der Waals surface area contributed by atoms with Gasteiger partial charge in [-0.25, -0.2) is 4.79 Å². The van der Waals surface area contributed by atoms with Crippen molar-refractivity contribution < 1.29 is 14.7 Å². The van der Waals surface area contributed by atoms with E-state index in [1.165, 1.54) is 0 Å². The van der Waals surface area contributed by atoms with Crippen LogP contribution in [0.5, 0.6) is 0 Å². The van der Waals surface area contributed by atoms with Gasteiger partial charge in [-0.3, -0.25) is 4.79 Å². The molecule has 0 aromatic heterocycles. The van der Waals surface area contributed by atoms with Crippen LogP contribution in [-0.4, -0.2) is 46.5 Å². The lowest BCUT2D eigenvalue weighted by atomic mass is 10.3. The Bertz CT molecular complexity index is 178. The Morgan fingerprint density at radius 3 is 2.64 bits per heavy atom. The van der Waals surface area contributed by atoms with E-state index in [9.17, 15) is 9.59 Å². The highest BCUT2D eigenvalue weighted by molar-refractivity contribution is 8.02. The second-order valence-corrected chi connectivity index (χ2v) is 4.99. The van der Waals surface area contributed by atoms with E-state index in [1.54, 1.807) is 11.8 Å². The van der Waals surface area contributed by atoms with Gasteiger partial charge in [0.25, 0.3) is 0 Å². The molecule has 0 rings (SSSR count). The van der Waals surface area contributed by atoms with Crippen molar-refractivity contribution in [2.24, 2.45) is 0 Å². The number of hydrogen-bond donors (Lipinski definition) is 2. The van der Waals surface area contributed by atoms with Crippen molar-refractivity contribution >= 4 is 35.9 Å². The van der Waals surface area contributed by atoms with Crippen LogP contribution >= 0.6 is 23.5 Å². The number of carbonyl (C=O) groups is 2. The van der Waals surface area contributed by atoms with Crippen LogP contribution in [0.15, 0.2) is 0 Å². The molecule has 0 bridgehead atoms.